The number of phenolic OH excluding ortho intramolecular Hbond substituents is 1. The minimum Gasteiger partial charge on any atom is -0.504 e. The van der Waals surface area contributed by atoms with E-state index in [2.05, 4.69) is 15.9 Å². The maximum absolute atomic E-state index is 13.1. The molecular weight excluding hydrogens is 249 g/mol. The van der Waals surface area contributed by atoms with E-state index in [-0.39, 0.29) is 11.7 Å². The van der Waals surface area contributed by atoms with Crippen molar-refractivity contribution in [3.05, 3.63) is 28.0 Å². The highest BCUT2D eigenvalue weighted by Gasteiger charge is 2.11. The molecule has 0 aliphatic carbocycles. The molecule has 0 spiro atoms. The highest BCUT2D eigenvalue weighted by atomic mass is 79.9. The second-order valence-electron chi connectivity index (χ2n) is 3.31. The first-order valence-corrected chi connectivity index (χ1v) is 5.23. The number of nitrogens with two attached hydrogens (primary N) is 1. The molecule has 0 amide bonds. The van der Waals surface area contributed by atoms with Crippen LogP contribution >= 0.6 is 15.9 Å². The van der Waals surface area contributed by atoms with Crippen molar-refractivity contribution < 1.29 is 9.50 Å². The van der Waals surface area contributed by atoms with E-state index in [0.717, 1.165) is 12.0 Å². The Kier molecular flexibility index (Phi) is 3.89. The van der Waals surface area contributed by atoms with Crippen molar-refractivity contribution in [2.45, 2.75) is 19.3 Å². The molecule has 78 valence electrons. The zero-order valence-corrected chi connectivity index (χ0v) is 9.51. The molecule has 0 aliphatic heterocycles. The summed E-state index contributed by atoms with van der Waals surface area (Å²) in [6.07, 6.45) is 0.802. The van der Waals surface area contributed by atoms with Crippen LogP contribution in [0.25, 0.3) is 0 Å². The van der Waals surface area contributed by atoms with Crippen LogP contribution in [0, 0.1) is 5.82 Å². The van der Waals surface area contributed by atoms with Crippen LogP contribution in [-0.2, 0) is 0 Å². The predicted molar refractivity (Wildman–Crippen MR) is 57.9 cm³/mol. The summed E-state index contributed by atoms with van der Waals surface area (Å²) >= 11 is 3.10. The van der Waals surface area contributed by atoms with E-state index < -0.39 is 5.82 Å². The van der Waals surface area contributed by atoms with Crippen molar-refractivity contribution in [3.8, 4) is 5.75 Å². The van der Waals surface area contributed by atoms with Crippen molar-refractivity contribution in [1.82, 2.24) is 0 Å². The first kappa shape index (κ1) is 11.5. The second kappa shape index (κ2) is 4.75. The van der Waals surface area contributed by atoms with Crippen LogP contribution in [0.5, 0.6) is 5.75 Å². The molecule has 1 aromatic carbocycles. The lowest BCUT2D eigenvalue weighted by molar-refractivity contribution is 0.428. The fourth-order valence-corrected chi connectivity index (χ4v) is 1.74. The standard InChI is InChI=1S/C10H13BrFNO/c1-6(2-3-13)7-4-8(11)10(14)9(12)5-7/h4-6,14H,2-3,13H2,1H3. The van der Waals surface area contributed by atoms with Gasteiger partial charge in [-0.3, -0.25) is 0 Å². The second-order valence-corrected chi connectivity index (χ2v) is 4.17. The smallest absolute Gasteiger partial charge is 0.166 e. The molecule has 2 nitrogen and oxygen atoms in total. The molecule has 1 aromatic rings. The third-order valence-electron chi connectivity index (χ3n) is 2.21. The topological polar surface area (TPSA) is 46.2 Å². The summed E-state index contributed by atoms with van der Waals surface area (Å²) in [4.78, 5) is 0. The third-order valence-corrected chi connectivity index (χ3v) is 2.81. The number of rotatable bonds is 3. The van der Waals surface area contributed by atoms with Crippen LogP contribution in [0.4, 0.5) is 4.39 Å². The molecule has 0 bridgehead atoms. The summed E-state index contributed by atoms with van der Waals surface area (Å²) in [6.45, 7) is 2.55. The van der Waals surface area contributed by atoms with Gasteiger partial charge in [-0.25, -0.2) is 4.39 Å². The van der Waals surface area contributed by atoms with Gasteiger partial charge >= 0.3 is 0 Å². The maximum Gasteiger partial charge on any atom is 0.166 e. The Morgan fingerprint density at radius 1 is 1.57 bits per heavy atom. The number of phenols is 1. The maximum atomic E-state index is 13.1. The Labute approximate surface area is 91.1 Å². The van der Waals surface area contributed by atoms with Gasteiger partial charge < -0.3 is 10.8 Å². The van der Waals surface area contributed by atoms with Crippen molar-refractivity contribution in [1.29, 1.82) is 0 Å². The SMILES string of the molecule is CC(CCN)c1cc(F)c(O)c(Br)c1. The Bertz CT molecular complexity index is 307. The molecule has 0 saturated carbocycles. The lowest BCUT2D eigenvalue weighted by Crippen LogP contribution is -2.04. The monoisotopic (exact) mass is 261 g/mol. The number of hydrogen-bond acceptors (Lipinski definition) is 2. The van der Waals surface area contributed by atoms with Crippen molar-refractivity contribution in [3.63, 3.8) is 0 Å². The minimum absolute atomic E-state index is 0.200. The van der Waals surface area contributed by atoms with E-state index >= 15 is 0 Å². The van der Waals surface area contributed by atoms with Gasteiger partial charge in [-0.15, -0.1) is 0 Å². The number of benzene rings is 1. The van der Waals surface area contributed by atoms with Gasteiger partial charge in [0.2, 0.25) is 0 Å². The molecule has 0 aromatic heterocycles. The Hall–Kier alpha value is -0.610. The summed E-state index contributed by atoms with van der Waals surface area (Å²) < 4.78 is 13.5. The fourth-order valence-electron chi connectivity index (χ4n) is 1.29. The van der Waals surface area contributed by atoms with E-state index in [1.807, 2.05) is 6.92 Å². The first-order valence-electron chi connectivity index (χ1n) is 4.44. The van der Waals surface area contributed by atoms with Crippen LogP contribution in [0.1, 0.15) is 24.8 Å². The Morgan fingerprint density at radius 2 is 2.21 bits per heavy atom. The Morgan fingerprint density at radius 3 is 2.71 bits per heavy atom. The highest BCUT2D eigenvalue weighted by molar-refractivity contribution is 9.10. The molecule has 0 heterocycles. The van der Waals surface area contributed by atoms with Gasteiger partial charge in [-0.1, -0.05) is 6.92 Å². The molecule has 14 heavy (non-hydrogen) atoms. The average molecular weight is 262 g/mol. The van der Waals surface area contributed by atoms with E-state index in [4.69, 9.17) is 5.73 Å². The first-order chi connectivity index (χ1) is 6.56. The average Bonchev–Trinajstić information content (AvgIpc) is 2.13. The molecule has 0 radical (unpaired) electrons. The minimum atomic E-state index is -0.599. The summed E-state index contributed by atoms with van der Waals surface area (Å²) in [7, 11) is 0. The van der Waals surface area contributed by atoms with Gasteiger partial charge in [0, 0.05) is 0 Å². The zero-order valence-electron chi connectivity index (χ0n) is 7.93. The van der Waals surface area contributed by atoms with Gasteiger partial charge in [0.1, 0.15) is 0 Å². The van der Waals surface area contributed by atoms with E-state index in [9.17, 15) is 9.50 Å². The molecule has 0 saturated heterocycles. The van der Waals surface area contributed by atoms with Crippen LogP contribution in [-0.4, -0.2) is 11.7 Å². The summed E-state index contributed by atoms with van der Waals surface area (Å²) in [5.41, 5.74) is 6.26. The third kappa shape index (κ3) is 2.45. The van der Waals surface area contributed by atoms with Crippen LogP contribution < -0.4 is 5.73 Å². The number of hydrogen-bond donors (Lipinski definition) is 2. The fraction of sp³-hybridized carbons (Fsp3) is 0.400. The van der Waals surface area contributed by atoms with E-state index in [1.165, 1.54) is 6.07 Å². The zero-order chi connectivity index (χ0) is 10.7. The van der Waals surface area contributed by atoms with Crippen LogP contribution in [0.3, 0.4) is 0 Å². The van der Waals surface area contributed by atoms with Crippen molar-refractivity contribution in [2.75, 3.05) is 6.54 Å². The predicted octanol–water partition coefficient (Wildman–Crippen LogP) is 2.75. The van der Waals surface area contributed by atoms with Gasteiger partial charge in [-0.2, -0.15) is 0 Å². The lowest BCUT2D eigenvalue weighted by Gasteiger charge is -2.11. The van der Waals surface area contributed by atoms with Gasteiger partial charge in [-0.05, 0) is 52.5 Å². The quantitative estimate of drug-likeness (QED) is 0.879. The van der Waals surface area contributed by atoms with E-state index in [1.54, 1.807) is 6.07 Å². The van der Waals surface area contributed by atoms with Crippen molar-refractivity contribution >= 4 is 15.9 Å². The lowest BCUT2D eigenvalue weighted by atomic mass is 9.98. The molecule has 1 rings (SSSR count). The van der Waals surface area contributed by atoms with Gasteiger partial charge in [0.15, 0.2) is 11.6 Å². The van der Waals surface area contributed by atoms with Gasteiger partial charge in [0.05, 0.1) is 4.47 Å². The largest absolute Gasteiger partial charge is 0.504 e. The number of halogens is 2. The summed E-state index contributed by atoms with van der Waals surface area (Å²) in [5.74, 6) is -0.738. The highest BCUT2D eigenvalue weighted by Crippen LogP contribution is 2.31. The molecule has 0 fully saturated rings. The molecule has 1 atom stereocenters. The summed E-state index contributed by atoms with van der Waals surface area (Å²) in [5, 5.41) is 9.20. The van der Waals surface area contributed by atoms with Crippen molar-refractivity contribution in [2.24, 2.45) is 5.73 Å². The molecular formula is C10H13BrFNO. The molecule has 4 heteroatoms. The van der Waals surface area contributed by atoms with Crippen LogP contribution in [0.2, 0.25) is 0 Å². The Balaban J connectivity index is 3.00. The number of aromatic hydroxyl groups is 1. The molecule has 0 aliphatic rings. The van der Waals surface area contributed by atoms with Crippen LogP contribution in [0.15, 0.2) is 16.6 Å². The molecule has 3 N–H and O–H groups in total. The normalized spacial score (nSPS) is 12.9. The molecule has 1 unspecified atom stereocenters. The van der Waals surface area contributed by atoms with Gasteiger partial charge in [0.25, 0.3) is 0 Å². The van der Waals surface area contributed by atoms with E-state index in [0.29, 0.717) is 11.0 Å². The summed E-state index contributed by atoms with van der Waals surface area (Å²) in [6, 6.07) is 3.07.